The van der Waals surface area contributed by atoms with Gasteiger partial charge in [-0.1, -0.05) is 32.0 Å². The fourth-order valence-electron chi connectivity index (χ4n) is 6.89. The average Bonchev–Trinajstić information content (AvgIpc) is 3.16. The van der Waals surface area contributed by atoms with E-state index in [0.717, 1.165) is 21.8 Å². The van der Waals surface area contributed by atoms with Crippen LogP contribution in [0.4, 0.5) is 4.39 Å². The van der Waals surface area contributed by atoms with Gasteiger partial charge in [0.15, 0.2) is 6.20 Å². The number of para-hydroxylation sites is 1. The third-order valence-electron chi connectivity index (χ3n) is 9.07. The van der Waals surface area contributed by atoms with Crippen molar-refractivity contribution in [1.82, 2.24) is 4.40 Å². The van der Waals surface area contributed by atoms with Crippen LogP contribution in [0.2, 0.25) is 0 Å². The monoisotopic (exact) mass is 463 g/mol. The van der Waals surface area contributed by atoms with Crippen LogP contribution in [0, 0.1) is 25.1 Å². The second-order valence-corrected chi connectivity index (χ2v) is 11.8. The minimum atomic E-state index is -0.151. The summed E-state index contributed by atoms with van der Waals surface area (Å²) in [7, 11) is 2.14. The lowest BCUT2D eigenvalue weighted by atomic mass is 9.71. The molecule has 1 saturated carbocycles. The molecule has 3 heteroatoms. The van der Waals surface area contributed by atoms with Gasteiger partial charge in [0.25, 0.3) is 0 Å². The fourth-order valence-corrected chi connectivity index (χ4v) is 6.89. The Morgan fingerprint density at radius 2 is 1.71 bits per heavy atom. The van der Waals surface area contributed by atoms with Gasteiger partial charge >= 0.3 is 0 Å². The molecule has 1 aliphatic carbocycles. The maximum absolute atomic E-state index is 15.6. The van der Waals surface area contributed by atoms with Crippen molar-refractivity contribution in [2.45, 2.75) is 59.3 Å². The molecule has 6 aromatic rings. The van der Waals surface area contributed by atoms with E-state index in [1.807, 2.05) is 6.07 Å². The van der Waals surface area contributed by atoms with Crippen LogP contribution in [0.5, 0.6) is 0 Å². The molecular formula is C32H32FN2+. The number of hydrogen-bond donors (Lipinski definition) is 0. The van der Waals surface area contributed by atoms with Gasteiger partial charge in [-0.15, -0.1) is 0 Å². The van der Waals surface area contributed by atoms with Crippen LogP contribution in [0.15, 0.2) is 48.7 Å². The van der Waals surface area contributed by atoms with E-state index in [1.165, 1.54) is 64.0 Å². The first-order chi connectivity index (χ1) is 16.7. The number of fused-ring (bicyclic) bond motifs is 5. The van der Waals surface area contributed by atoms with Crippen LogP contribution in [-0.2, 0) is 7.05 Å². The molecule has 3 heterocycles. The Morgan fingerprint density at radius 3 is 2.49 bits per heavy atom. The summed E-state index contributed by atoms with van der Waals surface area (Å²) in [6, 6.07) is 14.8. The topological polar surface area (TPSA) is 8.29 Å². The van der Waals surface area contributed by atoms with E-state index in [2.05, 4.69) is 80.2 Å². The molecule has 0 N–H and O–H groups in total. The Labute approximate surface area is 205 Å². The third kappa shape index (κ3) is 2.78. The summed E-state index contributed by atoms with van der Waals surface area (Å²) in [6.45, 7) is 9.18. The van der Waals surface area contributed by atoms with Crippen molar-refractivity contribution in [2.24, 2.45) is 12.5 Å². The largest absolute Gasteiger partial charge is 0.305 e. The minimum absolute atomic E-state index is 0.151. The second-order valence-electron chi connectivity index (χ2n) is 11.8. The number of aromatic nitrogens is 2. The first-order valence-electron chi connectivity index (χ1n) is 12.9. The highest BCUT2D eigenvalue weighted by molar-refractivity contribution is 6.26. The molecule has 0 radical (unpaired) electrons. The van der Waals surface area contributed by atoms with E-state index in [0.29, 0.717) is 16.8 Å². The number of aryl methyl sites for hydroxylation is 3. The standard InChI is InChI=1S/C32H32FN2/c1-18-15-24-23-7-6-8-25(33)29(23)35-26-17-22(20-9-12-32(3,4)13-10-20)16-21-11-14-34(5)31(28(21)26)27(19(18)2)30(24)35/h6-8,11,14-17,20H,9-10,12-13H2,1-5H3/q+1. The zero-order valence-corrected chi connectivity index (χ0v) is 21.3. The Bertz CT molecular complexity index is 1810. The van der Waals surface area contributed by atoms with Crippen LogP contribution < -0.4 is 4.57 Å². The molecule has 176 valence electrons. The van der Waals surface area contributed by atoms with Crippen molar-refractivity contribution in [3.63, 3.8) is 0 Å². The highest BCUT2D eigenvalue weighted by atomic mass is 19.1. The molecular weight excluding hydrogens is 431 g/mol. The highest BCUT2D eigenvalue weighted by Crippen LogP contribution is 2.46. The van der Waals surface area contributed by atoms with Gasteiger partial charge in [-0.05, 0) is 91.1 Å². The van der Waals surface area contributed by atoms with Gasteiger partial charge in [0.2, 0.25) is 5.52 Å². The lowest BCUT2D eigenvalue weighted by molar-refractivity contribution is -0.643. The third-order valence-corrected chi connectivity index (χ3v) is 9.07. The quantitative estimate of drug-likeness (QED) is 0.132. The lowest BCUT2D eigenvalue weighted by Gasteiger charge is -2.34. The molecule has 0 atom stereocenters. The van der Waals surface area contributed by atoms with Gasteiger partial charge in [0.1, 0.15) is 12.9 Å². The molecule has 0 amide bonds. The molecule has 2 nitrogen and oxygen atoms in total. The predicted octanol–water partition coefficient (Wildman–Crippen LogP) is 8.25. The molecule has 3 aromatic carbocycles. The van der Waals surface area contributed by atoms with Crippen molar-refractivity contribution in [2.75, 3.05) is 0 Å². The van der Waals surface area contributed by atoms with E-state index in [4.69, 9.17) is 0 Å². The summed E-state index contributed by atoms with van der Waals surface area (Å²) in [5, 5.41) is 5.87. The van der Waals surface area contributed by atoms with Crippen LogP contribution >= 0.6 is 0 Å². The van der Waals surface area contributed by atoms with Gasteiger partial charge in [-0.2, -0.15) is 0 Å². The van der Waals surface area contributed by atoms with Crippen molar-refractivity contribution < 1.29 is 8.96 Å². The molecule has 1 aliphatic rings. The Balaban J connectivity index is 1.72. The van der Waals surface area contributed by atoms with Gasteiger partial charge in [-0.3, -0.25) is 0 Å². The van der Waals surface area contributed by atoms with Crippen molar-refractivity contribution in [3.05, 3.63) is 71.2 Å². The van der Waals surface area contributed by atoms with Gasteiger partial charge in [-0.25, -0.2) is 8.96 Å². The number of pyridine rings is 2. The molecule has 0 spiro atoms. The molecule has 0 unspecified atom stereocenters. The summed E-state index contributed by atoms with van der Waals surface area (Å²) in [5.41, 5.74) is 8.58. The zero-order chi connectivity index (χ0) is 24.2. The number of rotatable bonds is 1. The van der Waals surface area contributed by atoms with E-state index in [-0.39, 0.29) is 5.82 Å². The lowest BCUT2D eigenvalue weighted by Crippen LogP contribution is -2.29. The highest BCUT2D eigenvalue weighted by Gasteiger charge is 2.30. The first-order valence-corrected chi connectivity index (χ1v) is 12.9. The van der Waals surface area contributed by atoms with Crippen molar-refractivity contribution in [3.8, 4) is 0 Å². The smallest absolute Gasteiger partial charge is 0.224 e. The summed E-state index contributed by atoms with van der Waals surface area (Å²) in [4.78, 5) is 0. The van der Waals surface area contributed by atoms with E-state index in [1.54, 1.807) is 6.07 Å². The van der Waals surface area contributed by atoms with E-state index >= 15 is 4.39 Å². The number of benzene rings is 3. The molecule has 0 bridgehead atoms. The number of halogens is 1. The van der Waals surface area contributed by atoms with E-state index < -0.39 is 0 Å². The van der Waals surface area contributed by atoms with Gasteiger partial charge < -0.3 is 4.40 Å². The Hall–Kier alpha value is -3.20. The SMILES string of the molecule is Cc1cc2c3cccc(F)c3n3c4cc(C5CCC(C)(C)CC5)cc5cc[n+](C)c(c(c1C)c23)c54. The molecule has 7 rings (SSSR count). The molecule has 0 saturated heterocycles. The van der Waals surface area contributed by atoms with Crippen LogP contribution in [0.1, 0.15) is 62.1 Å². The Kier molecular flexibility index (Phi) is 4.18. The van der Waals surface area contributed by atoms with Crippen LogP contribution in [-0.4, -0.2) is 4.40 Å². The van der Waals surface area contributed by atoms with Crippen molar-refractivity contribution >= 4 is 49.0 Å². The second kappa shape index (κ2) is 6.94. The molecule has 0 aliphatic heterocycles. The zero-order valence-electron chi connectivity index (χ0n) is 21.3. The summed E-state index contributed by atoms with van der Waals surface area (Å²) >= 11 is 0. The predicted molar refractivity (Wildman–Crippen MR) is 144 cm³/mol. The molecule has 3 aromatic heterocycles. The molecule has 35 heavy (non-hydrogen) atoms. The van der Waals surface area contributed by atoms with Gasteiger partial charge in [0.05, 0.1) is 27.3 Å². The van der Waals surface area contributed by atoms with Crippen LogP contribution in [0.25, 0.3) is 49.0 Å². The van der Waals surface area contributed by atoms with Crippen molar-refractivity contribution in [1.29, 1.82) is 0 Å². The summed E-state index contributed by atoms with van der Waals surface area (Å²) in [6.07, 6.45) is 7.15. The number of nitrogens with zero attached hydrogens (tertiary/aromatic N) is 2. The molecule has 1 fully saturated rings. The normalized spacial score (nSPS) is 17.1. The van der Waals surface area contributed by atoms with E-state index in [9.17, 15) is 0 Å². The number of hydrogen-bond acceptors (Lipinski definition) is 0. The summed E-state index contributed by atoms with van der Waals surface area (Å²) < 4.78 is 20.1. The van der Waals surface area contributed by atoms with Gasteiger partial charge in [0, 0.05) is 16.8 Å². The van der Waals surface area contributed by atoms with Crippen LogP contribution in [0.3, 0.4) is 0 Å². The minimum Gasteiger partial charge on any atom is -0.305 e. The maximum atomic E-state index is 15.6. The maximum Gasteiger partial charge on any atom is 0.224 e. The average molecular weight is 464 g/mol. The fraction of sp³-hybridized carbons (Fsp3) is 0.344. The Morgan fingerprint density at radius 1 is 0.943 bits per heavy atom. The summed E-state index contributed by atoms with van der Waals surface area (Å²) in [5.74, 6) is 0.408. The first kappa shape index (κ1) is 21.1.